The Morgan fingerprint density at radius 2 is 2.24 bits per heavy atom. The Bertz CT molecular complexity index is 383. The van der Waals surface area contributed by atoms with Crippen LogP contribution in [0.25, 0.3) is 0 Å². The summed E-state index contributed by atoms with van der Waals surface area (Å²) in [7, 11) is 0. The van der Waals surface area contributed by atoms with Gasteiger partial charge in [0.05, 0.1) is 4.92 Å². The Morgan fingerprint density at radius 1 is 1.47 bits per heavy atom. The molecular weight excluding hydrogens is 236 g/mol. The lowest BCUT2D eigenvalue weighted by atomic mass is 10.1. The monoisotopic (exact) mass is 254 g/mol. The standard InChI is InChI=1S/C12H18N2O2S/c1-3-17-9-5-8-13-11-6-4-7-12(10(11)2)14(15)16/h4,6-7,13H,3,5,8-9H2,1-2H3. The number of thioether (sulfide) groups is 1. The fourth-order valence-electron chi connectivity index (χ4n) is 1.55. The van der Waals surface area contributed by atoms with E-state index in [1.54, 1.807) is 13.0 Å². The van der Waals surface area contributed by atoms with Crippen molar-refractivity contribution in [2.75, 3.05) is 23.4 Å². The molecule has 17 heavy (non-hydrogen) atoms. The van der Waals surface area contributed by atoms with Gasteiger partial charge in [0.1, 0.15) is 0 Å². The molecule has 0 radical (unpaired) electrons. The summed E-state index contributed by atoms with van der Waals surface area (Å²) in [5.41, 5.74) is 1.75. The maximum Gasteiger partial charge on any atom is 0.274 e. The Labute approximate surface area is 106 Å². The smallest absolute Gasteiger partial charge is 0.274 e. The molecule has 0 bridgehead atoms. The molecular formula is C12H18N2O2S. The molecule has 0 unspecified atom stereocenters. The summed E-state index contributed by atoms with van der Waals surface area (Å²) >= 11 is 1.91. The van der Waals surface area contributed by atoms with Crippen LogP contribution in [0.15, 0.2) is 18.2 Å². The van der Waals surface area contributed by atoms with Crippen LogP contribution in [0.5, 0.6) is 0 Å². The molecule has 1 aromatic carbocycles. The first-order chi connectivity index (χ1) is 8.16. The van der Waals surface area contributed by atoms with E-state index < -0.39 is 0 Å². The molecule has 0 fully saturated rings. The lowest BCUT2D eigenvalue weighted by Gasteiger charge is -2.09. The van der Waals surface area contributed by atoms with E-state index in [2.05, 4.69) is 12.2 Å². The van der Waals surface area contributed by atoms with Gasteiger partial charge in [-0.3, -0.25) is 10.1 Å². The van der Waals surface area contributed by atoms with Crippen LogP contribution in [0.3, 0.4) is 0 Å². The maximum atomic E-state index is 10.8. The number of hydrogen-bond donors (Lipinski definition) is 1. The van der Waals surface area contributed by atoms with Crippen LogP contribution in [0.1, 0.15) is 18.9 Å². The number of anilines is 1. The Hall–Kier alpha value is -1.23. The lowest BCUT2D eigenvalue weighted by molar-refractivity contribution is -0.385. The van der Waals surface area contributed by atoms with Gasteiger partial charge >= 0.3 is 0 Å². The lowest BCUT2D eigenvalue weighted by Crippen LogP contribution is -2.05. The highest BCUT2D eigenvalue weighted by atomic mass is 32.2. The molecule has 0 heterocycles. The van der Waals surface area contributed by atoms with E-state index in [0.29, 0.717) is 5.56 Å². The quantitative estimate of drug-likeness (QED) is 0.460. The first-order valence-corrected chi connectivity index (χ1v) is 6.88. The Balaban J connectivity index is 2.54. The highest BCUT2D eigenvalue weighted by Gasteiger charge is 2.12. The van der Waals surface area contributed by atoms with Crippen LogP contribution in [0.4, 0.5) is 11.4 Å². The second kappa shape index (κ2) is 7.17. The molecule has 1 rings (SSSR count). The fourth-order valence-corrected chi connectivity index (χ4v) is 2.19. The van der Waals surface area contributed by atoms with Gasteiger partial charge in [-0.15, -0.1) is 0 Å². The van der Waals surface area contributed by atoms with Crippen LogP contribution in [0.2, 0.25) is 0 Å². The van der Waals surface area contributed by atoms with Crippen molar-refractivity contribution in [3.05, 3.63) is 33.9 Å². The predicted octanol–water partition coefficient (Wildman–Crippen LogP) is 3.46. The van der Waals surface area contributed by atoms with E-state index in [4.69, 9.17) is 0 Å². The van der Waals surface area contributed by atoms with Gasteiger partial charge in [-0.1, -0.05) is 13.0 Å². The van der Waals surface area contributed by atoms with E-state index in [1.807, 2.05) is 17.8 Å². The summed E-state index contributed by atoms with van der Waals surface area (Å²) in [4.78, 5) is 10.4. The third-order valence-electron chi connectivity index (χ3n) is 2.49. The highest BCUT2D eigenvalue weighted by molar-refractivity contribution is 7.99. The molecule has 0 aliphatic rings. The molecule has 0 saturated heterocycles. The highest BCUT2D eigenvalue weighted by Crippen LogP contribution is 2.24. The number of nitro benzene ring substituents is 1. The Kier molecular flexibility index (Phi) is 5.83. The molecule has 0 amide bonds. The molecule has 1 aromatic rings. The number of nitro groups is 1. The molecule has 4 nitrogen and oxygen atoms in total. The molecule has 5 heteroatoms. The van der Waals surface area contributed by atoms with Gasteiger partial charge in [-0.25, -0.2) is 0 Å². The Morgan fingerprint density at radius 3 is 2.88 bits per heavy atom. The third-order valence-corrected chi connectivity index (χ3v) is 3.47. The van der Waals surface area contributed by atoms with E-state index >= 15 is 0 Å². The molecule has 0 saturated carbocycles. The van der Waals surface area contributed by atoms with Crippen LogP contribution in [-0.2, 0) is 0 Å². The van der Waals surface area contributed by atoms with Gasteiger partial charge in [-0.2, -0.15) is 11.8 Å². The summed E-state index contributed by atoms with van der Waals surface area (Å²) in [6.07, 6.45) is 1.07. The average molecular weight is 254 g/mol. The summed E-state index contributed by atoms with van der Waals surface area (Å²) in [5.74, 6) is 2.26. The number of nitrogens with zero attached hydrogens (tertiary/aromatic N) is 1. The van der Waals surface area contributed by atoms with Crippen LogP contribution in [0, 0.1) is 17.0 Å². The van der Waals surface area contributed by atoms with Crippen molar-refractivity contribution in [2.24, 2.45) is 0 Å². The first-order valence-electron chi connectivity index (χ1n) is 5.72. The van der Waals surface area contributed by atoms with Crippen molar-refractivity contribution in [1.82, 2.24) is 0 Å². The van der Waals surface area contributed by atoms with Crippen molar-refractivity contribution in [3.63, 3.8) is 0 Å². The van der Waals surface area contributed by atoms with E-state index in [1.165, 1.54) is 6.07 Å². The second-order valence-electron chi connectivity index (χ2n) is 3.68. The van der Waals surface area contributed by atoms with Crippen molar-refractivity contribution in [1.29, 1.82) is 0 Å². The van der Waals surface area contributed by atoms with Crippen LogP contribution < -0.4 is 5.32 Å². The summed E-state index contributed by atoms with van der Waals surface area (Å²) < 4.78 is 0. The minimum Gasteiger partial charge on any atom is -0.385 e. The number of hydrogen-bond acceptors (Lipinski definition) is 4. The molecule has 0 atom stereocenters. The van der Waals surface area contributed by atoms with Crippen LogP contribution >= 0.6 is 11.8 Å². The minimum absolute atomic E-state index is 0.179. The largest absolute Gasteiger partial charge is 0.385 e. The van der Waals surface area contributed by atoms with E-state index in [0.717, 1.165) is 30.2 Å². The topological polar surface area (TPSA) is 55.2 Å². The molecule has 0 aromatic heterocycles. The SMILES string of the molecule is CCSCCCNc1cccc([N+](=O)[O-])c1C. The van der Waals surface area contributed by atoms with Crippen LogP contribution in [-0.4, -0.2) is 23.0 Å². The van der Waals surface area contributed by atoms with E-state index in [9.17, 15) is 10.1 Å². The van der Waals surface area contributed by atoms with Gasteiger partial charge in [0, 0.05) is 23.9 Å². The summed E-state index contributed by atoms with van der Waals surface area (Å²) in [6, 6.07) is 5.14. The molecule has 1 N–H and O–H groups in total. The number of benzene rings is 1. The van der Waals surface area contributed by atoms with E-state index in [-0.39, 0.29) is 10.6 Å². The zero-order chi connectivity index (χ0) is 12.7. The fraction of sp³-hybridized carbons (Fsp3) is 0.500. The second-order valence-corrected chi connectivity index (χ2v) is 5.08. The maximum absolute atomic E-state index is 10.8. The number of rotatable bonds is 7. The van der Waals surface area contributed by atoms with Crippen molar-refractivity contribution < 1.29 is 4.92 Å². The van der Waals surface area contributed by atoms with Gasteiger partial charge in [0.25, 0.3) is 5.69 Å². The zero-order valence-electron chi connectivity index (χ0n) is 10.2. The predicted molar refractivity (Wildman–Crippen MR) is 73.9 cm³/mol. The zero-order valence-corrected chi connectivity index (χ0v) is 11.0. The van der Waals surface area contributed by atoms with Crippen molar-refractivity contribution in [2.45, 2.75) is 20.3 Å². The number of nitrogens with one attached hydrogen (secondary N) is 1. The molecule has 94 valence electrons. The van der Waals surface area contributed by atoms with Gasteiger partial charge < -0.3 is 5.32 Å². The third kappa shape index (κ3) is 4.26. The molecule has 0 spiro atoms. The van der Waals surface area contributed by atoms with Crippen molar-refractivity contribution in [3.8, 4) is 0 Å². The first kappa shape index (κ1) is 13.8. The van der Waals surface area contributed by atoms with Gasteiger partial charge in [0.2, 0.25) is 0 Å². The van der Waals surface area contributed by atoms with Crippen molar-refractivity contribution >= 4 is 23.1 Å². The average Bonchev–Trinajstić information content (AvgIpc) is 2.30. The summed E-state index contributed by atoms with van der Waals surface area (Å²) in [6.45, 7) is 4.78. The molecule has 0 aliphatic carbocycles. The minimum atomic E-state index is -0.340. The molecule has 0 aliphatic heterocycles. The summed E-state index contributed by atoms with van der Waals surface area (Å²) in [5, 5.41) is 14.0. The van der Waals surface area contributed by atoms with Gasteiger partial charge in [-0.05, 0) is 30.9 Å². The van der Waals surface area contributed by atoms with Gasteiger partial charge in [0.15, 0.2) is 0 Å². The normalized spacial score (nSPS) is 10.2.